The van der Waals surface area contributed by atoms with Gasteiger partial charge in [-0.3, -0.25) is 4.79 Å². The van der Waals surface area contributed by atoms with Crippen LogP contribution in [0.25, 0.3) is 0 Å². The highest BCUT2D eigenvalue weighted by Crippen LogP contribution is 2.19. The Labute approximate surface area is 105 Å². The van der Waals surface area contributed by atoms with Crippen LogP contribution >= 0.6 is 0 Å². The zero-order chi connectivity index (χ0) is 12.8. The molecule has 0 saturated heterocycles. The van der Waals surface area contributed by atoms with E-state index in [0.29, 0.717) is 19.3 Å². The Kier molecular flexibility index (Phi) is 4.52. The number of amides is 1. The predicted molar refractivity (Wildman–Crippen MR) is 63.9 cm³/mol. The third-order valence-corrected chi connectivity index (χ3v) is 3.02. The SMILES string of the molecule is Nc1nonc1C(=O)NCCOC1CCCCC1. The Balaban J connectivity index is 1.63. The van der Waals surface area contributed by atoms with E-state index in [2.05, 4.69) is 20.3 Å². The molecule has 7 nitrogen and oxygen atoms in total. The van der Waals surface area contributed by atoms with Crippen molar-refractivity contribution in [1.82, 2.24) is 15.6 Å². The first-order valence-corrected chi connectivity index (χ1v) is 6.25. The summed E-state index contributed by atoms with van der Waals surface area (Å²) in [5, 5.41) is 9.42. The number of nitrogens with two attached hydrogens (primary N) is 1. The van der Waals surface area contributed by atoms with Crippen molar-refractivity contribution < 1.29 is 14.2 Å². The molecule has 0 atom stereocenters. The molecule has 7 heteroatoms. The van der Waals surface area contributed by atoms with Crippen molar-refractivity contribution in [2.75, 3.05) is 18.9 Å². The summed E-state index contributed by atoms with van der Waals surface area (Å²) >= 11 is 0. The maximum atomic E-state index is 11.6. The average molecular weight is 254 g/mol. The molecule has 0 unspecified atom stereocenters. The first-order chi connectivity index (χ1) is 8.77. The van der Waals surface area contributed by atoms with Crippen LogP contribution in [0.5, 0.6) is 0 Å². The summed E-state index contributed by atoms with van der Waals surface area (Å²) in [4.78, 5) is 11.6. The smallest absolute Gasteiger partial charge is 0.277 e. The number of anilines is 1. The zero-order valence-corrected chi connectivity index (χ0v) is 10.2. The maximum Gasteiger partial charge on any atom is 0.277 e. The fourth-order valence-corrected chi connectivity index (χ4v) is 2.06. The fraction of sp³-hybridized carbons (Fsp3) is 0.727. The Morgan fingerprint density at radius 1 is 1.39 bits per heavy atom. The molecule has 1 aliphatic rings. The predicted octanol–water partition coefficient (Wildman–Crippen LogP) is 0.731. The van der Waals surface area contributed by atoms with Gasteiger partial charge < -0.3 is 15.8 Å². The normalized spacial score (nSPS) is 16.7. The van der Waals surface area contributed by atoms with Crippen LogP contribution in [0, 0.1) is 0 Å². The van der Waals surface area contributed by atoms with Gasteiger partial charge in [0.25, 0.3) is 5.91 Å². The van der Waals surface area contributed by atoms with Gasteiger partial charge in [0.15, 0.2) is 0 Å². The number of carbonyl (C=O) groups is 1. The Morgan fingerprint density at radius 2 is 2.17 bits per heavy atom. The Morgan fingerprint density at radius 3 is 2.83 bits per heavy atom. The van der Waals surface area contributed by atoms with Crippen molar-refractivity contribution in [3.8, 4) is 0 Å². The minimum Gasteiger partial charge on any atom is -0.379 e. The molecule has 1 saturated carbocycles. The zero-order valence-electron chi connectivity index (χ0n) is 10.2. The van der Waals surface area contributed by atoms with Crippen LogP contribution in [0.3, 0.4) is 0 Å². The first kappa shape index (κ1) is 12.8. The lowest BCUT2D eigenvalue weighted by atomic mass is 9.98. The summed E-state index contributed by atoms with van der Waals surface area (Å²) in [7, 11) is 0. The van der Waals surface area contributed by atoms with Crippen molar-refractivity contribution in [2.45, 2.75) is 38.2 Å². The Bertz CT molecular complexity index is 387. The number of nitrogen functional groups attached to an aromatic ring is 1. The van der Waals surface area contributed by atoms with Gasteiger partial charge >= 0.3 is 0 Å². The van der Waals surface area contributed by atoms with Crippen LogP contribution < -0.4 is 11.1 Å². The molecule has 0 radical (unpaired) electrons. The minimum atomic E-state index is -0.388. The van der Waals surface area contributed by atoms with Crippen LogP contribution in [-0.4, -0.2) is 35.5 Å². The van der Waals surface area contributed by atoms with Gasteiger partial charge in [-0.15, -0.1) is 0 Å². The van der Waals surface area contributed by atoms with Gasteiger partial charge in [0.2, 0.25) is 11.5 Å². The maximum absolute atomic E-state index is 11.6. The molecule has 18 heavy (non-hydrogen) atoms. The van der Waals surface area contributed by atoms with Gasteiger partial charge in [-0.25, -0.2) is 4.63 Å². The number of ether oxygens (including phenoxy) is 1. The molecular weight excluding hydrogens is 236 g/mol. The molecule has 1 fully saturated rings. The van der Waals surface area contributed by atoms with Crippen LogP contribution in [-0.2, 0) is 4.74 Å². The van der Waals surface area contributed by atoms with Crippen molar-refractivity contribution in [3.05, 3.63) is 5.69 Å². The molecule has 3 N–H and O–H groups in total. The van der Waals surface area contributed by atoms with E-state index >= 15 is 0 Å². The highest BCUT2D eigenvalue weighted by Gasteiger charge is 2.16. The van der Waals surface area contributed by atoms with Crippen molar-refractivity contribution >= 4 is 11.7 Å². The van der Waals surface area contributed by atoms with E-state index in [1.165, 1.54) is 19.3 Å². The lowest BCUT2D eigenvalue weighted by molar-refractivity contribution is 0.0299. The van der Waals surface area contributed by atoms with Gasteiger partial charge in [-0.05, 0) is 23.2 Å². The van der Waals surface area contributed by atoms with Crippen LogP contribution in [0.4, 0.5) is 5.82 Å². The van der Waals surface area contributed by atoms with E-state index in [1.54, 1.807) is 0 Å². The van der Waals surface area contributed by atoms with Gasteiger partial charge in [0.05, 0.1) is 12.7 Å². The molecule has 1 aliphatic carbocycles. The summed E-state index contributed by atoms with van der Waals surface area (Å²) in [6, 6.07) is 0. The van der Waals surface area contributed by atoms with E-state index in [0.717, 1.165) is 12.8 Å². The molecule has 0 aliphatic heterocycles. The summed E-state index contributed by atoms with van der Waals surface area (Å²) in [5.41, 5.74) is 5.42. The molecule has 100 valence electrons. The van der Waals surface area contributed by atoms with E-state index in [4.69, 9.17) is 10.5 Å². The second-order valence-electron chi connectivity index (χ2n) is 4.38. The molecule has 1 amide bonds. The number of hydrogen-bond acceptors (Lipinski definition) is 6. The van der Waals surface area contributed by atoms with Crippen LogP contribution in [0.2, 0.25) is 0 Å². The Hall–Kier alpha value is -1.63. The average Bonchev–Trinajstić information content (AvgIpc) is 2.82. The molecule has 1 heterocycles. The second-order valence-corrected chi connectivity index (χ2v) is 4.38. The molecule has 1 aromatic heterocycles. The number of aromatic nitrogens is 2. The first-order valence-electron chi connectivity index (χ1n) is 6.25. The van der Waals surface area contributed by atoms with Crippen molar-refractivity contribution in [3.63, 3.8) is 0 Å². The van der Waals surface area contributed by atoms with E-state index in [9.17, 15) is 4.79 Å². The summed E-state index contributed by atoms with van der Waals surface area (Å²) in [6.45, 7) is 0.934. The van der Waals surface area contributed by atoms with E-state index in [1.807, 2.05) is 0 Å². The lowest BCUT2D eigenvalue weighted by Crippen LogP contribution is -2.30. The number of hydrogen-bond donors (Lipinski definition) is 2. The van der Waals surface area contributed by atoms with Crippen molar-refractivity contribution in [2.24, 2.45) is 0 Å². The molecule has 1 aromatic rings. The highest BCUT2D eigenvalue weighted by molar-refractivity contribution is 5.95. The molecule has 0 bridgehead atoms. The lowest BCUT2D eigenvalue weighted by Gasteiger charge is -2.21. The second kappa shape index (κ2) is 6.34. The number of nitrogens with one attached hydrogen (secondary N) is 1. The molecule has 2 rings (SSSR count). The topological polar surface area (TPSA) is 103 Å². The summed E-state index contributed by atoms with van der Waals surface area (Å²) in [5.74, 6) is -0.387. The van der Waals surface area contributed by atoms with E-state index < -0.39 is 0 Å². The summed E-state index contributed by atoms with van der Waals surface area (Å²) in [6.07, 6.45) is 6.35. The van der Waals surface area contributed by atoms with Gasteiger partial charge in [-0.2, -0.15) is 0 Å². The number of rotatable bonds is 5. The van der Waals surface area contributed by atoms with Gasteiger partial charge in [-0.1, -0.05) is 19.3 Å². The van der Waals surface area contributed by atoms with E-state index in [-0.39, 0.29) is 17.4 Å². The standard InChI is InChI=1S/C11H18N4O3/c12-10-9(14-18-15-10)11(16)13-6-7-17-8-4-2-1-3-5-8/h8H,1-7H2,(H2,12,15)(H,13,16). The summed E-state index contributed by atoms with van der Waals surface area (Å²) < 4.78 is 10.0. The van der Waals surface area contributed by atoms with Gasteiger partial charge in [0.1, 0.15) is 0 Å². The third-order valence-electron chi connectivity index (χ3n) is 3.02. The highest BCUT2D eigenvalue weighted by atomic mass is 16.6. The molecule has 0 spiro atoms. The number of carbonyl (C=O) groups excluding carboxylic acids is 1. The van der Waals surface area contributed by atoms with Crippen molar-refractivity contribution in [1.29, 1.82) is 0 Å². The minimum absolute atomic E-state index is 0.000647. The molecule has 0 aromatic carbocycles. The number of nitrogens with zero attached hydrogens (tertiary/aromatic N) is 2. The van der Waals surface area contributed by atoms with Crippen LogP contribution in [0.15, 0.2) is 4.63 Å². The van der Waals surface area contributed by atoms with Gasteiger partial charge in [0, 0.05) is 6.54 Å². The molecular formula is C11H18N4O3. The fourth-order valence-electron chi connectivity index (χ4n) is 2.06. The van der Waals surface area contributed by atoms with Crippen LogP contribution in [0.1, 0.15) is 42.6 Å². The monoisotopic (exact) mass is 254 g/mol. The quantitative estimate of drug-likeness (QED) is 0.751. The largest absolute Gasteiger partial charge is 0.379 e. The third kappa shape index (κ3) is 3.43.